The molecule has 0 saturated carbocycles. The molecule has 0 spiro atoms. The second kappa shape index (κ2) is 5.33. The van der Waals surface area contributed by atoms with E-state index in [9.17, 15) is 4.79 Å². The molecule has 104 valence electrons. The highest BCUT2D eigenvalue weighted by atomic mass is 16.4. The minimum absolute atomic E-state index is 0.0986. The van der Waals surface area contributed by atoms with Crippen LogP contribution >= 0.6 is 0 Å². The number of rotatable bonds is 3. The average molecular weight is 270 g/mol. The van der Waals surface area contributed by atoms with E-state index < -0.39 is 5.97 Å². The summed E-state index contributed by atoms with van der Waals surface area (Å²) in [5.74, 6) is -0.994. The number of aromatic nitrogens is 1. The molecule has 0 aliphatic carbocycles. The van der Waals surface area contributed by atoms with Crippen molar-refractivity contribution in [3.63, 3.8) is 0 Å². The molecular weight excluding hydrogens is 252 g/mol. The SMILES string of the molecule is CC(C)(C)c1ccc(Nc2ccncc2C(=O)O)cc1. The summed E-state index contributed by atoms with van der Waals surface area (Å²) >= 11 is 0. The molecule has 4 nitrogen and oxygen atoms in total. The van der Waals surface area contributed by atoms with Crippen LogP contribution in [0.3, 0.4) is 0 Å². The number of hydrogen-bond acceptors (Lipinski definition) is 3. The molecule has 0 atom stereocenters. The van der Waals surface area contributed by atoms with Crippen LogP contribution in [-0.2, 0) is 5.41 Å². The summed E-state index contributed by atoms with van der Waals surface area (Å²) in [6, 6.07) is 9.65. The zero-order valence-corrected chi connectivity index (χ0v) is 11.8. The topological polar surface area (TPSA) is 62.2 Å². The third-order valence-corrected chi connectivity index (χ3v) is 3.08. The fourth-order valence-electron chi connectivity index (χ4n) is 1.88. The number of carboxylic acids is 1. The Balaban J connectivity index is 2.25. The molecule has 1 aromatic heterocycles. The van der Waals surface area contributed by atoms with Crippen molar-refractivity contribution in [1.82, 2.24) is 4.98 Å². The van der Waals surface area contributed by atoms with Gasteiger partial charge in [-0.25, -0.2) is 4.79 Å². The van der Waals surface area contributed by atoms with Gasteiger partial charge in [0.15, 0.2) is 0 Å². The van der Waals surface area contributed by atoms with Crippen molar-refractivity contribution >= 4 is 17.3 Å². The Bertz CT molecular complexity index is 613. The maximum absolute atomic E-state index is 11.1. The quantitative estimate of drug-likeness (QED) is 0.890. The monoisotopic (exact) mass is 270 g/mol. The summed E-state index contributed by atoms with van der Waals surface area (Å²) in [6.07, 6.45) is 2.91. The van der Waals surface area contributed by atoms with Crippen LogP contribution < -0.4 is 5.32 Å². The summed E-state index contributed by atoms with van der Waals surface area (Å²) in [6.45, 7) is 6.46. The van der Waals surface area contributed by atoms with Gasteiger partial charge in [0.2, 0.25) is 0 Å². The number of nitrogens with zero attached hydrogens (tertiary/aromatic N) is 1. The summed E-state index contributed by atoms with van der Waals surface area (Å²) in [5, 5.41) is 12.2. The van der Waals surface area contributed by atoms with Gasteiger partial charge in [0, 0.05) is 18.1 Å². The van der Waals surface area contributed by atoms with E-state index >= 15 is 0 Å². The van der Waals surface area contributed by atoms with Crippen LogP contribution in [-0.4, -0.2) is 16.1 Å². The van der Waals surface area contributed by atoms with Gasteiger partial charge in [0.1, 0.15) is 5.56 Å². The highest BCUT2D eigenvalue weighted by molar-refractivity contribution is 5.94. The molecule has 0 saturated heterocycles. The Kier molecular flexibility index (Phi) is 3.74. The van der Waals surface area contributed by atoms with Gasteiger partial charge in [-0.15, -0.1) is 0 Å². The van der Waals surface area contributed by atoms with E-state index in [0.29, 0.717) is 5.69 Å². The first-order valence-electron chi connectivity index (χ1n) is 6.43. The number of anilines is 2. The van der Waals surface area contributed by atoms with E-state index in [1.54, 1.807) is 12.3 Å². The second-order valence-corrected chi connectivity index (χ2v) is 5.68. The predicted molar refractivity (Wildman–Crippen MR) is 79.6 cm³/mol. The van der Waals surface area contributed by atoms with Crippen molar-refractivity contribution in [1.29, 1.82) is 0 Å². The number of carboxylic acid groups (broad SMARTS) is 1. The van der Waals surface area contributed by atoms with Crippen LogP contribution in [0.4, 0.5) is 11.4 Å². The Labute approximate surface area is 118 Å². The van der Waals surface area contributed by atoms with Gasteiger partial charge in [0.05, 0.1) is 5.69 Å². The Morgan fingerprint density at radius 3 is 2.35 bits per heavy atom. The standard InChI is InChI=1S/C16H18N2O2/c1-16(2,3)11-4-6-12(7-5-11)18-14-8-9-17-10-13(14)15(19)20/h4-10H,1-3H3,(H,17,18)(H,19,20). The summed E-state index contributed by atoms with van der Waals surface area (Å²) in [4.78, 5) is 15.0. The first kappa shape index (κ1) is 14.1. The lowest BCUT2D eigenvalue weighted by molar-refractivity contribution is 0.0697. The van der Waals surface area contributed by atoms with Crippen molar-refractivity contribution in [3.05, 3.63) is 53.9 Å². The van der Waals surface area contributed by atoms with Gasteiger partial charge in [-0.2, -0.15) is 0 Å². The molecule has 2 rings (SSSR count). The number of carbonyl (C=O) groups is 1. The smallest absolute Gasteiger partial charge is 0.339 e. The lowest BCUT2D eigenvalue weighted by Gasteiger charge is -2.19. The zero-order valence-electron chi connectivity index (χ0n) is 11.8. The molecule has 0 bridgehead atoms. The Morgan fingerprint density at radius 2 is 1.80 bits per heavy atom. The van der Waals surface area contributed by atoms with Gasteiger partial charge in [-0.05, 0) is 29.2 Å². The van der Waals surface area contributed by atoms with E-state index in [-0.39, 0.29) is 11.0 Å². The normalized spacial score (nSPS) is 11.2. The van der Waals surface area contributed by atoms with E-state index in [2.05, 4.69) is 31.1 Å². The molecule has 0 aliphatic heterocycles. The van der Waals surface area contributed by atoms with Crippen LogP contribution in [0.5, 0.6) is 0 Å². The molecule has 0 aliphatic rings. The van der Waals surface area contributed by atoms with Crippen LogP contribution in [0.2, 0.25) is 0 Å². The van der Waals surface area contributed by atoms with Gasteiger partial charge < -0.3 is 10.4 Å². The number of benzene rings is 1. The fraction of sp³-hybridized carbons (Fsp3) is 0.250. The molecule has 0 fully saturated rings. The maximum atomic E-state index is 11.1. The first-order valence-corrected chi connectivity index (χ1v) is 6.43. The van der Waals surface area contributed by atoms with Crippen LogP contribution in [0.15, 0.2) is 42.7 Å². The van der Waals surface area contributed by atoms with Crippen LogP contribution in [0.25, 0.3) is 0 Å². The predicted octanol–water partition coefficient (Wildman–Crippen LogP) is 3.82. The minimum atomic E-state index is -0.994. The van der Waals surface area contributed by atoms with Gasteiger partial charge in [-0.3, -0.25) is 4.98 Å². The van der Waals surface area contributed by atoms with E-state index in [1.807, 2.05) is 24.3 Å². The number of aromatic carboxylic acids is 1. The lowest BCUT2D eigenvalue weighted by Crippen LogP contribution is -2.10. The molecular formula is C16H18N2O2. The molecule has 1 heterocycles. The molecule has 2 aromatic rings. The van der Waals surface area contributed by atoms with Crippen molar-refractivity contribution in [2.45, 2.75) is 26.2 Å². The summed E-state index contributed by atoms with van der Waals surface area (Å²) in [7, 11) is 0. The highest BCUT2D eigenvalue weighted by Crippen LogP contribution is 2.25. The summed E-state index contributed by atoms with van der Waals surface area (Å²) in [5.41, 5.74) is 2.88. The van der Waals surface area contributed by atoms with Crippen molar-refractivity contribution in [3.8, 4) is 0 Å². The molecule has 1 aromatic carbocycles. The van der Waals surface area contributed by atoms with E-state index in [1.165, 1.54) is 11.8 Å². The molecule has 0 unspecified atom stereocenters. The third kappa shape index (κ3) is 3.15. The third-order valence-electron chi connectivity index (χ3n) is 3.08. The van der Waals surface area contributed by atoms with Gasteiger partial charge >= 0.3 is 5.97 Å². The maximum Gasteiger partial charge on any atom is 0.339 e. The molecule has 0 amide bonds. The fourth-order valence-corrected chi connectivity index (χ4v) is 1.88. The largest absolute Gasteiger partial charge is 0.478 e. The second-order valence-electron chi connectivity index (χ2n) is 5.68. The number of pyridine rings is 1. The van der Waals surface area contributed by atoms with Crippen molar-refractivity contribution in [2.24, 2.45) is 0 Å². The van der Waals surface area contributed by atoms with Crippen molar-refractivity contribution < 1.29 is 9.90 Å². The average Bonchev–Trinajstić information content (AvgIpc) is 2.38. The number of nitrogens with one attached hydrogen (secondary N) is 1. The Morgan fingerprint density at radius 1 is 1.15 bits per heavy atom. The van der Waals surface area contributed by atoms with Gasteiger partial charge in [-0.1, -0.05) is 32.9 Å². The van der Waals surface area contributed by atoms with Crippen LogP contribution in [0, 0.1) is 0 Å². The van der Waals surface area contributed by atoms with Crippen molar-refractivity contribution in [2.75, 3.05) is 5.32 Å². The molecule has 20 heavy (non-hydrogen) atoms. The van der Waals surface area contributed by atoms with Crippen LogP contribution in [0.1, 0.15) is 36.7 Å². The van der Waals surface area contributed by atoms with Gasteiger partial charge in [0.25, 0.3) is 0 Å². The molecule has 2 N–H and O–H groups in total. The Hall–Kier alpha value is -2.36. The van der Waals surface area contributed by atoms with E-state index in [0.717, 1.165) is 5.69 Å². The first-order chi connectivity index (χ1) is 9.38. The molecule has 0 radical (unpaired) electrons. The highest BCUT2D eigenvalue weighted by Gasteiger charge is 2.13. The molecule has 4 heteroatoms. The number of hydrogen-bond donors (Lipinski definition) is 2. The zero-order chi connectivity index (χ0) is 14.8. The van der Waals surface area contributed by atoms with E-state index in [4.69, 9.17) is 5.11 Å². The summed E-state index contributed by atoms with van der Waals surface area (Å²) < 4.78 is 0. The lowest BCUT2D eigenvalue weighted by atomic mass is 9.87. The minimum Gasteiger partial charge on any atom is -0.478 e.